The first-order chi connectivity index (χ1) is 6.87. The van der Waals surface area contributed by atoms with Crippen molar-refractivity contribution in [3.63, 3.8) is 0 Å². The molecule has 0 unspecified atom stereocenters. The molecule has 2 rings (SSSR count). The Morgan fingerprint density at radius 1 is 1.07 bits per heavy atom. The van der Waals surface area contributed by atoms with Gasteiger partial charge in [0.25, 0.3) is 0 Å². The van der Waals surface area contributed by atoms with Crippen LogP contribution in [0.2, 0.25) is 0 Å². The maximum absolute atomic E-state index is 10.8. The summed E-state index contributed by atoms with van der Waals surface area (Å²) in [5.74, 6) is 0. The van der Waals surface area contributed by atoms with Crippen LogP contribution in [0, 0.1) is 0 Å². The fourth-order valence-electron chi connectivity index (χ4n) is 2.61. The average molecular weight is 203 g/mol. The highest BCUT2D eigenvalue weighted by Crippen LogP contribution is 2.40. The zero-order chi connectivity index (χ0) is 11.3. The third-order valence-electron chi connectivity index (χ3n) is 3.15. The number of aldehydes is 1. The van der Waals surface area contributed by atoms with Gasteiger partial charge in [0.15, 0.2) is 0 Å². The molecule has 0 bridgehead atoms. The van der Waals surface area contributed by atoms with E-state index in [9.17, 15) is 4.79 Å². The van der Waals surface area contributed by atoms with Crippen LogP contribution in [0.5, 0.6) is 0 Å². The van der Waals surface area contributed by atoms with Crippen LogP contribution in [0.4, 0.5) is 0 Å². The summed E-state index contributed by atoms with van der Waals surface area (Å²) < 4.78 is 0. The molecule has 0 aromatic heterocycles. The van der Waals surface area contributed by atoms with Crippen molar-refractivity contribution in [2.24, 2.45) is 0 Å². The van der Waals surface area contributed by atoms with Gasteiger partial charge in [-0.1, -0.05) is 12.1 Å². The molecule has 2 heteroatoms. The van der Waals surface area contributed by atoms with Gasteiger partial charge in [-0.2, -0.15) is 0 Å². The fourth-order valence-corrected chi connectivity index (χ4v) is 2.61. The lowest BCUT2D eigenvalue weighted by Crippen LogP contribution is -2.39. The van der Waals surface area contributed by atoms with E-state index in [1.165, 1.54) is 11.1 Å². The zero-order valence-corrected chi connectivity index (χ0v) is 9.72. The number of benzene rings is 1. The number of rotatable bonds is 1. The van der Waals surface area contributed by atoms with Gasteiger partial charge in [-0.15, -0.1) is 0 Å². The second-order valence-corrected chi connectivity index (χ2v) is 5.30. The highest BCUT2D eigenvalue weighted by atomic mass is 16.1. The molecule has 0 fully saturated rings. The zero-order valence-electron chi connectivity index (χ0n) is 9.72. The quantitative estimate of drug-likeness (QED) is 0.711. The minimum Gasteiger partial charge on any atom is -0.299 e. The molecule has 0 aliphatic carbocycles. The van der Waals surface area contributed by atoms with Crippen LogP contribution in [0.15, 0.2) is 18.2 Å². The Kier molecular flexibility index (Phi) is 2.02. The lowest BCUT2D eigenvalue weighted by atomic mass is 9.89. The van der Waals surface area contributed by atoms with Crippen molar-refractivity contribution >= 4 is 6.29 Å². The summed E-state index contributed by atoms with van der Waals surface area (Å²) >= 11 is 0. The van der Waals surface area contributed by atoms with E-state index >= 15 is 0 Å². The molecule has 15 heavy (non-hydrogen) atoms. The van der Waals surface area contributed by atoms with Gasteiger partial charge in [0.2, 0.25) is 0 Å². The summed E-state index contributed by atoms with van der Waals surface area (Å²) in [6.45, 7) is 8.63. The second kappa shape index (κ2) is 2.92. The van der Waals surface area contributed by atoms with Gasteiger partial charge in [-0.3, -0.25) is 10.1 Å². The molecule has 1 heterocycles. The standard InChI is InChI=1S/C13H17NO/c1-12(2)10-6-5-9(8-15)7-11(10)13(3,4)14-12/h5-8,14H,1-4H3. The van der Waals surface area contributed by atoms with Crippen LogP contribution >= 0.6 is 0 Å². The highest BCUT2D eigenvalue weighted by Gasteiger charge is 2.40. The maximum atomic E-state index is 10.8. The van der Waals surface area contributed by atoms with Crippen LogP contribution in [0.1, 0.15) is 49.2 Å². The third kappa shape index (κ3) is 1.49. The largest absolute Gasteiger partial charge is 0.299 e. The molecule has 1 N–H and O–H groups in total. The lowest BCUT2D eigenvalue weighted by Gasteiger charge is -2.25. The van der Waals surface area contributed by atoms with Gasteiger partial charge in [0, 0.05) is 16.6 Å². The lowest BCUT2D eigenvalue weighted by molar-refractivity contribution is 0.112. The van der Waals surface area contributed by atoms with Crippen LogP contribution in [-0.4, -0.2) is 6.29 Å². The summed E-state index contributed by atoms with van der Waals surface area (Å²) in [7, 11) is 0. The Hall–Kier alpha value is -1.15. The molecule has 0 spiro atoms. The van der Waals surface area contributed by atoms with Crippen molar-refractivity contribution in [2.75, 3.05) is 0 Å². The van der Waals surface area contributed by atoms with Crippen LogP contribution in [0.25, 0.3) is 0 Å². The minimum atomic E-state index is -0.0577. The molecule has 80 valence electrons. The van der Waals surface area contributed by atoms with Crippen LogP contribution in [0.3, 0.4) is 0 Å². The molecular weight excluding hydrogens is 186 g/mol. The first-order valence-corrected chi connectivity index (χ1v) is 5.26. The number of fused-ring (bicyclic) bond motifs is 1. The summed E-state index contributed by atoms with van der Waals surface area (Å²) in [6, 6.07) is 5.93. The Bertz CT molecular complexity index is 419. The van der Waals surface area contributed by atoms with E-state index in [1.807, 2.05) is 12.1 Å². The molecule has 1 aliphatic heterocycles. The minimum absolute atomic E-state index is 0.0136. The number of nitrogens with one attached hydrogen (secondary N) is 1. The topological polar surface area (TPSA) is 29.1 Å². The molecule has 0 atom stereocenters. The summed E-state index contributed by atoms with van der Waals surface area (Å²) in [4.78, 5) is 10.8. The van der Waals surface area contributed by atoms with Gasteiger partial charge in [-0.05, 0) is 44.9 Å². The predicted molar refractivity (Wildman–Crippen MR) is 61.0 cm³/mol. The van der Waals surface area contributed by atoms with Crippen molar-refractivity contribution in [3.05, 3.63) is 34.9 Å². The molecular formula is C13H17NO. The fraction of sp³-hybridized carbons (Fsp3) is 0.462. The van der Waals surface area contributed by atoms with Gasteiger partial charge >= 0.3 is 0 Å². The predicted octanol–water partition coefficient (Wildman–Crippen LogP) is 2.57. The van der Waals surface area contributed by atoms with Crippen LogP contribution < -0.4 is 5.32 Å². The van der Waals surface area contributed by atoms with Crippen LogP contribution in [-0.2, 0) is 11.1 Å². The van der Waals surface area contributed by atoms with Crippen molar-refractivity contribution in [1.82, 2.24) is 5.32 Å². The molecule has 2 nitrogen and oxygen atoms in total. The van der Waals surface area contributed by atoms with Crippen molar-refractivity contribution < 1.29 is 4.79 Å². The van der Waals surface area contributed by atoms with Crippen molar-refractivity contribution in [1.29, 1.82) is 0 Å². The first kappa shape index (κ1) is 10.4. The Morgan fingerprint density at radius 3 is 2.27 bits per heavy atom. The van der Waals surface area contributed by atoms with Crippen molar-refractivity contribution in [3.8, 4) is 0 Å². The summed E-state index contributed by atoms with van der Waals surface area (Å²) in [6.07, 6.45) is 0.904. The average Bonchev–Trinajstić information content (AvgIpc) is 2.32. The Balaban J connectivity index is 2.65. The number of carbonyl (C=O) groups excluding carboxylic acids is 1. The van der Waals surface area contributed by atoms with Gasteiger partial charge in [-0.25, -0.2) is 0 Å². The van der Waals surface area contributed by atoms with E-state index in [1.54, 1.807) is 0 Å². The molecule has 0 saturated carbocycles. The number of hydrogen-bond donors (Lipinski definition) is 1. The molecule has 1 aliphatic rings. The van der Waals surface area contributed by atoms with Gasteiger partial charge in [0.05, 0.1) is 0 Å². The van der Waals surface area contributed by atoms with E-state index in [-0.39, 0.29) is 11.1 Å². The molecule has 1 aromatic rings. The van der Waals surface area contributed by atoms with Gasteiger partial charge in [0.1, 0.15) is 6.29 Å². The third-order valence-corrected chi connectivity index (χ3v) is 3.15. The highest BCUT2D eigenvalue weighted by molar-refractivity contribution is 5.76. The van der Waals surface area contributed by atoms with E-state index in [0.717, 1.165) is 11.8 Å². The first-order valence-electron chi connectivity index (χ1n) is 5.26. The van der Waals surface area contributed by atoms with E-state index in [2.05, 4.69) is 39.1 Å². The van der Waals surface area contributed by atoms with E-state index < -0.39 is 0 Å². The van der Waals surface area contributed by atoms with Crippen molar-refractivity contribution in [2.45, 2.75) is 38.8 Å². The molecule has 0 saturated heterocycles. The van der Waals surface area contributed by atoms with Gasteiger partial charge < -0.3 is 0 Å². The molecule has 0 radical (unpaired) electrons. The normalized spacial score (nSPS) is 21.1. The Morgan fingerprint density at radius 2 is 1.67 bits per heavy atom. The monoisotopic (exact) mass is 203 g/mol. The summed E-state index contributed by atoms with van der Waals surface area (Å²) in [5.41, 5.74) is 3.20. The SMILES string of the molecule is CC1(C)NC(C)(C)c2cc(C=O)ccc21. The van der Waals surface area contributed by atoms with E-state index in [0.29, 0.717) is 0 Å². The molecule has 1 aromatic carbocycles. The number of carbonyl (C=O) groups is 1. The van der Waals surface area contributed by atoms with E-state index in [4.69, 9.17) is 0 Å². The number of hydrogen-bond acceptors (Lipinski definition) is 2. The second-order valence-electron chi connectivity index (χ2n) is 5.30. The maximum Gasteiger partial charge on any atom is 0.150 e. The molecule has 0 amide bonds. The summed E-state index contributed by atoms with van der Waals surface area (Å²) in [5, 5.41) is 3.57. The Labute approximate surface area is 90.7 Å². The smallest absolute Gasteiger partial charge is 0.150 e.